The van der Waals surface area contributed by atoms with E-state index in [0.717, 1.165) is 22.0 Å². The smallest absolute Gasteiger partial charge is 0.286 e. The van der Waals surface area contributed by atoms with Crippen LogP contribution in [0.15, 0.2) is 54.6 Å². The van der Waals surface area contributed by atoms with Crippen LogP contribution < -0.4 is 10.9 Å². The summed E-state index contributed by atoms with van der Waals surface area (Å²) in [5.41, 5.74) is 8.16. The molecule has 0 aliphatic heterocycles. The van der Waals surface area contributed by atoms with Crippen molar-refractivity contribution in [3.63, 3.8) is 0 Å². The van der Waals surface area contributed by atoms with Gasteiger partial charge >= 0.3 is 0 Å². The Labute approximate surface area is 133 Å². The maximum Gasteiger partial charge on any atom is 0.286 e. The van der Waals surface area contributed by atoms with Gasteiger partial charge in [-0.3, -0.25) is 20.4 Å². The maximum absolute atomic E-state index is 12.1. The van der Waals surface area contributed by atoms with Crippen LogP contribution in [0.25, 0.3) is 10.9 Å². The van der Waals surface area contributed by atoms with Crippen molar-refractivity contribution in [2.45, 2.75) is 13.3 Å². The second kappa shape index (κ2) is 6.36. The van der Waals surface area contributed by atoms with Crippen molar-refractivity contribution < 1.29 is 9.59 Å². The number of amides is 2. The van der Waals surface area contributed by atoms with Gasteiger partial charge in [-0.25, -0.2) is 0 Å². The highest BCUT2D eigenvalue weighted by Gasteiger charge is 2.11. The molecule has 1 aromatic heterocycles. The first-order valence-corrected chi connectivity index (χ1v) is 7.34. The predicted octanol–water partition coefficient (Wildman–Crippen LogP) is 2.48. The Morgan fingerprint density at radius 2 is 1.78 bits per heavy atom. The van der Waals surface area contributed by atoms with Crippen molar-refractivity contribution in [3.05, 3.63) is 71.4 Å². The monoisotopic (exact) mass is 307 g/mol. The predicted molar refractivity (Wildman–Crippen MR) is 88.8 cm³/mol. The minimum atomic E-state index is -0.375. The molecule has 5 nitrogen and oxygen atoms in total. The van der Waals surface area contributed by atoms with E-state index >= 15 is 0 Å². The topological polar surface area (TPSA) is 74.0 Å². The van der Waals surface area contributed by atoms with E-state index in [-0.39, 0.29) is 18.2 Å². The molecule has 2 amide bonds. The Kier molecular flexibility index (Phi) is 4.10. The van der Waals surface area contributed by atoms with Gasteiger partial charge in [0.15, 0.2) is 0 Å². The number of hydrogen-bond acceptors (Lipinski definition) is 2. The molecule has 23 heavy (non-hydrogen) atoms. The fraction of sp³-hybridized carbons (Fsp3) is 0.111. The Hall–Kier alpha value is -3.08. The highest BCUT2D eigenvalue weighted by molar-refractivity contribution is 5.98. The highest BCUT2D eigenvalue weighted by Crippen LogP contribution is 2.16. The first-order valence-electron chi connectivity index (χ1n) is 7.34. The van der Waals surface area contributed by atoms with E-state index in [0.29, 0.717) is 5.69 Å². The molecule has 5 heteroatoms. The van der Waals surface area contributed by atoms with Gasteiger partial charge in [-0.05, 0) is 30.7 Å². The number of hydrogen-bond donors (Lipinski definition) is 3. The van der Waals surface area contributed by atoms with Gasteiger partial charge in [0.1, 0.15) is 5.69 Å². The summed E-state index contributed by atoms with van der Waals surface area (Å²) in [7, 11) is 0. The fourth-order valence-corrected chi connectivity index (χ4v) is 2.39. The van der Waals surface area contributed by atoms with Crippen LogP contribution >= 0.6 is 0 Å². The number of rotatable bonds is 3. The number of H-pyrrole nitrogens is 1. The molecule has 0 unspecified atom stereocenters. The van der Waals surface area contributed by atoms with Crippen molar-refractivity contribution >= 4 is 22.7 Å². The first kappa shape index (κ1) is 14.8. The van der Waals surface area contributed by atoms with Crippen LogP contribution in [0.2, 0.25) is 0 Å². The fourth-order valence-electron chi connectivity index (χ4n) is 2.39. The zero-order valence-electron chi connectivity index (χ0n) is 12.7. The molecule has 3 rings (SSSR count). The number of benzene rings is 2. The molecule has 1 heterocycles. The van der Waals surface area contributed by atoms with Crippen LogP contribution in [-0.2, 0) is 11.2 Å². The third kappa shape index (κ3) is 3.58. The van der Waals surface area contributed by atoms with Gasteiger partial charge < -0.3 is 4.98 Å². The van der Waals surface area contributed by atoms with Crippen molar-refractivity contribution in [2.24, 2.45) is 0 Å². The lowest BCUT2D eigenvalue weighted by Gasteiger charge is -2.06. The summed E-state index contributed by atoms with van der Waals surface area (Å²) in [4.78, 5) is 27.0. The number of carbonyl (C=O) groups is 2. The maximum atomic E-state index is 12.1. The molecule has 3 N–H and O–H groups in total. The third-order valence-corrected chi connectivity index (χ3v) is 3.54. The van der Waals surface area contributed by atoms with E-state index in [9.17, 15) is 9.59 Å². The highest BCUT2D eigenvalue weighted by atomic mass is 16.2. The average Bonchev–Trinajstić information content (AvgIpc) is 2.96. The summed E-state index contributed by atoms with van der Waals surface area (Å²) >= 11 is 0. The van der Waals surface area contributed by atoms with Crippen LogP contribution in [0.1, 0.15) is 21.6 Å². The van der Waals surface area contributed by atoms with Crippen molar-refractivity contribution in [1.82, 2.24) is 15.8 Å². The van der Waals surface area contributed by atoms with Gasteiger partial charge in [0, 0.05) is 10.9 Å². The largest absolute Gasteiger partial charge is 0.350 e. The van der Waals surface area contributed by atoms with Gasteiger partial charge in [-0.15, -0.1) is 0 Å². The summed E-state index contributed by atoms with van der Waals surface area (Å²) in [5, 5.41) is 0.964. The van der Waals surface area contributed by atoms with E-state index < -0.39 is 0 Å². The molecule has 0 bridgehead atoms. The van der Waals surface area contributed by atoms with E-state index in [1.54, 1.807) is 6.07 Å². The second-order valence-corrected chi connectivity index (χ2v) is 5.44. The molecule has 0 saturated carbocycles. The molecule has 116 valence electrons. The van der Waals surface area contributed by atoms with Crippen LogP contribution in [0.3, 0.4) is 0 Å². The lowest BCUT2D eigenvalue weighted by molar-refractivity contribution is -0.121. The molecule has 0 saturated heterocycles. The van der Waals surface area contributed by atoms with Crippen LogP contribution in [0.5, 0.6) is 0 Å². The van der Waals surface area contributed by atoms with E-state index in [1.807, 2.05) is 55.5 Å². The van der Waals surface area contributed by atoms with Gasteiger partial charge in [0.2, 0.25) is 5.91 Å². The number of fused-ring (bicyclic) bond motifs is 1. The number of aromatic amines is 1. The molecule has 0 radical (unpaired) electrons. The molecule has 0 aliphatic carbocycles. The zero-order valence-corrected chi connectivity index (χ0v) is 12.7. The Morgan fingerprint density at radius 3 is 2.57 bits per heavy atom. The summed E-state index contributed by atoms with van der Waals surface area (Å²) in [6.45, 7) is 2.00. The molecule has 0 spiro atoms. The number of nitrogens with one attached hydrogen (secondary N) is 3. The van der Waals surface area contributed by atoms with Crippen LogP contribution in [0, 0.1) is 6.92 Å². The minimum Gasteiger partial charge on any atom is -0.350 e. The summed E-state index contributed by atoms with van der Waals surface area (Å²) < 4.78 is 0. The minimum absolute atomic E-state index is 0.215. The Morgan fingerprint density at radius 1 is 1.00 bits per heavy atom. The molecule has 2 aromatic carbocycles. The number of hydrazine groups is 1. The normalized spacial score (nSPS) is 10.5. The van der Waals surface area contributed by atoms with Crippen LogP contribution in [-0.4, -0.2) is 16.8 Å². The number of aromatic nitrogens is 1. The van der Waals surface area contributed by atoms with E-state index in [4.69, 9.17) is 0 Å². The number of carbonyl (C=O) groups excluding carboxylic acids is 2. The van der Waals surface area contributed by atoms with Crippen molar-refractivity contribution in [2.75, 3.05) is 0 Å². The quantitative estimate of drug-likeness (QED) is 0.650. The first-order chi connectivity index (χ1) is 11.1. The summed E-state index contributed by atoms with van der Waals surface area (Å²) in [6.07, 6.45) is 0.215. The van der Waals surface area contributed by atoms with Gasteiger partial charge in [-0.2, -0.15) is 0 Å². The van der Waals surface area contributed by atoms with E-state index in [2.05, 4.69) is 15.8 Å². The molecular formula is C18H17N3O2. The SMILES string of the molecule is Cc1ccc2[nH]c(C(=O)NNC(=O)Cc3ccccc3)cc2c1. The van der Waals surface area contributed by atoms with E-state index in [1.165, 1.54) is 0 Å². The second-order valence-electron chi connectivity index (χ2n) is 5.44. The van der Waals surface area contributed by atoms with Crippen LogP contribution in [0.4, 0.5) is 0 Å². The zero-order chi connectivity index (χ0) is 16.2. The van der Waals surface area contributed by atoms with Gasteiger partial charge in [0.05, 0.1) is 6.42 Å². The molecule has 3 aromatic rings. The Balaban J connectivity index is 1.61. The standard InChI is InChI=1S/C18H17N3O2/c1-12-7-8-15-14(9-12)11-16(19-15)18(23)21-20-17(22)10-13-5-3-2-4-6-13/h2-9,11,19H,10H2,1H3,(H,20,22)(H,21,23). The average molecular weight is 307 g/mol. The third-order valence-electron chi connectivity index (χ3n) is 3.54. The molecule has 0 fully saturated rings. The van der Waals surface area contributed by atoms with Crippen molar-refractivity contribution in [3.8, 4) is 0 Å². The van der Waals surface area contributed by atoms with Gasteiger partial charge in [-0.1, -0.05) is 42.0 Å². The lowest BCUT2D eigenvalue weighted by Crippen LogP contribution is -2.42. The van der Waals surface area contributed by atoms with Crippen molar-refractivity contribution in [1.29, 1.82) is 0 Å². The molecule has 0 aliphatic rings. The Bertz CT molecular complexity index is 853. The lowest BCUT2D eigenvalue weighted by atomic mass is 10.1. The summed E-state index contributed by atoms with van der Waals surface area (Å²) in [6, 6.07) is 17.0. The molecular weight excluding hydrogens is 290 g/mol. The number of aryl methyl sites for hydroxylation is 1. The summed E-state index contributed by atoms with van der Waals surface area (Å²) in [5.74, 6) is -0.642. The van der Waals surface area contributed by atoms with Gasteiger partial charge in [0.25, 0.3) is 5.91 Å². The molecule has 0 atom stereocenters.